The Morgan fingerprint density at radius 3 is 2.33 bits per heavy atom. The zero-order valence-electron chi connectivity index (χ0n) is 12.8. The van der Waals surface area contributed by atoms with Gasteiger partial charge in [-0.1, -0.05) is 43.1 Å². The lowest BCUT2D eigenvalue weighted by molar-refractivity contribution is -0.130. The highest BCUT2D eigenvalue weighted by molar-refractivity contribution is 6.35. The molecule has 0 spiro atoms. The van der Waals surface area contributed by atoms with Crippen molar-refractivity contribution in [3.05, 3.63) is 33.8 Å². The molecule has 2 nitrogen and oxygen atoms in total. The molecule has 0 unspecified atom stereocenters. The number of benzene rings is 1. The van der Waals surface area contributed by atoms with Crippen molar-refractivity contribution < 1.29 is 4.79 Å². The number of rotatable bonds is 6. The van der Waals surface area contributed by atoms with E-state index in [9.17, 15) is 4.79 Å². The van der Waals surface area contributed by atoms with Crippen LogP contribution in [0.15, 0.2) is 18.2 Å². The third kappa shape index (κ3) is 3.44. The van der Waals surface area contributed by atoms with Crippen LogP contribution >= 0.6 is 23.2 Å². The van der Waals surface area contributed by atoms with Gasteiger partial charge in [0.2, 0.25) is 0 Å². The largest absolute Gasteiger partial charge is 0.297 e. The summed E-state index contributed by atoms with van der Waals surface area (Å²) in [5.74, 6) is 0.277. The van der Waals surface area contributed by atoms with E-state index in [4.69, 9.17) is 23.2 Å². The van der Waals surface area contributed by atoms with Crippen LogP contribution in [-0.4, -0.2) is 29.3 Å². The first-order valence-corrected chi connectivity index (χ1v) is 8.51. The van der Waals surface area contributed by atoms with Gasteiger partial charge in [-0.15, -0.1) is 0 Å². The van der Waals surface area contributed by atoms with Gasteiger partial charge in [-0.3, -0.25) is 9.69 Å². The minimum absolute atomic E-state index is 0.277. The van der Waals surface area contributed by atoms with Crippen molar-refractivity contribution in [3.63, 3.8) is 0 Å². The smallest absolute Gasteiger partial charge is 0.157 e. The van der Waals surface area contributed by atoms with Gasteiger partial charge in [0, 0.05) is 16.5 Å². The molecule has 0 atom stereocenters. The monoisotopic (exact) mass is 327 g/mol. The summed E-state index contributed by atoms with van der Waals surface area (Å²) in [7, 11) is 0. The predicted molar refractivity (Wildman–Crippen MR) is 89.3 cm³/mol. The van der Waals surface area contributed by atoms with E-state index in [0.717, 1.165) is 31.5 Å². The molecule has 1 aliphatic rings. The second-order valence-electron chi connectivity index (χ2n) is 5.77. The SMILES string of the molecule is CCC(CC)(C(=O)Cc1ccc(Cl)cc1Cl)N1CCCC1. The lowest BCUT2D eigenvalue weighted by Crippen LogP contribution is -2.53. The Morgan fingerprint density at radius 2 is 1.81 bits per heavy atom. The number of nitrogens with zero attached hydrogens (tertiary/aromatic N) is 1. The second-order valence-corrected chi connectivity index (χ2v) is 6.61. The zero-order chi connectivity index (χ0) is 15.5. The summed E-state index contributed by atoms with van der Waals surface area (Å²) >= 11 is 12.1. The molecule has 1 saturated heterocycles. The lowest BCUT2D eigenvalue weighted by Gasteiger charge is -2.39. The van der Waals surface area contributed by atoms with Gasteiger partial charge < -0.3 is 0 Å². The topological polar surface area (TPSA) is 20.3 Å². The number of ketones is 1. The Labute approximate surface area is 137 Å². The minimum Gasteiger partial charge on any atom is -0.297 e. The van der Waals surface area contributed by atoms with Crippen molar-refractivity contribution >= 4 is 29.0 Å². The fourth-order valence-electron chi connectivity index (χ4n) is 3.42. The fourth-order valence-corrected chi connectivity index (χ4v) is 3.89. The van der Waals surface area contributed by atoms with Crippen LogP contribution in [0.5, 0.6) is 0 Å². The van der Waals surface area contributed by atoms with Gasteiger partial charge >= 0.3 is 0 Å². The van der Waals surface area contributed by atoms with E-state index >= 15 is 0 Å². The Hall–Kier alpha value is -0.570. The van der Waals surface area contributed by atoms with Crippen LogP contribution < -0.4 is 0 Å². The van der Waals surface area contributed by atoms with E-state index in [-0.39, 0.29) is 11.3 Å². The van der Waals surface area contributed by atoms with Gasteiger partial charge in [-0.2, -0.15) is 0 Å². The van der Waals surface area contributed by atoms with Crippen LogP contribution in [0.3, 0.4) is 0 Å². The molecule has 116 valence electrons. The first kappa shape index (κ1) is 16.8. The summed E-state index contributed by atoms with van der Waals surface area (Å²) in [5, 5.41) is 1.19. The molecule has 1 heterocycles. The standard InChI is InChI=1S/C17H23Cl2NO/c1-3-17(4-2,20-9-5-6-10-20)16(21)11-13-7-8-14(18)12-15(13)19/h7-8,12H,3-6,9-11H2,1-2H3. The Balaban J connectivity index is 2.22. The zero-order valence-corrected chi connectivity index (χ0v) is 14.3. The first-order chi connectivity index (χ1) is 10.0. The number of carbonyl (C=O) groups is 1. The molecule has 0 aliphatic carbocycles. The average Bonchev–Trinajstić information content (AvgIpc) is 2.99. The third-order valence-electron chi connectivity index (χ3n) is 4.77. The highest BCUT2D eigenvalue weighted by Crippen LogP contribution is 2.31. The summed E-state index contributed by atoms with van der Waals surface area (Å²) < 4.78 is 0. The fraction of sp³-hybridized carbons (Fsp3) is 0.588. The van der Waals surface area contributed by atoms with E-state index in [1.165, 1.54) is 12.8 Å². The molecule has 0 aromatic heterocycles. The van der Waals surface area contributed by atoms with Gasteiger partial charge in [0.05, 0.1) is 5.54 Å². The van der Waals surface area contributed by atoms with E-state index in [0.29, 0.717) is 16.5 Å². The van der Waals surface area contributed by atoms with Crippen molar-refractivity contribution in [1.82, 2.24) is 4.90 Å². The molecule has 0 bridgehead atoms. The molecule has 21 heavy (non-hydrogen) atoms. The van der Waals surface area contributed by atoms with Crippen LogP contribution in [0.1, 0.15) is 45.1 Å². The van der Waals surface area contributed by atoms with Gasteiger partial charge in [0.25, 0.3) is 0 Å². The molecule has 0 N–H and O–H groups in total. The molecule has 2 rings (SSSR count). The molecular formula is C17H23Cl2NO. The Kier molecular flexibility index (Phi) is 5.70. The maximum Gasteiger partial charge on any atom is 0.157 e. The number of likely N-dealkylation sites (tertiary alicyclic amines) is 1. The van der Waals surface area contributed by atoms with Crippen LogP contribution in [0.2, 0.25) is 10.0 Å². The molecule has 1 aromatic carbocycles. The van der Waals surface area contributed by atoms with E-state index in [1.807, 2.05) is 6.07 Å². The van der Waals surface area contributed by atoms with Gasteiger partial charge in [-0.05, 0) is 56.5 Å². The predicted octanol–water partition coefficient (Wildman–Crippen LogP) is 4.76. The molecule has 1 aromatic rings. The van der Waals surface area contributed by atoms with Crippen molar-refractivity contribution in [1.29, 1.82) is 0 Å². The van der Waals surface area contributed by atoms with Crippen LogP contribution in [-0.2, 0) is 11.2 Å². The number of halogens is 2. The molecule has 1 fully saturated rings. The third-order valence-corrected chi connectivity index (χ3v) is 5.35. The van der Waals surface area contributed by atoms with E-state index in [2.05, 4.69) is 18.7 Å². The summed E-state index contributed by atoms with van der Waals surface area (Å²) in [6.45, 7) is 6.29. The highest BCUT2D eigenvalue weighted by Gasteiger charge is 2.41. The molecule has 0 radical (unpaired) electrons. The summed E-state index contributed by atoms with van der Waals surface area (Å²) in [6, 6.07) is 5.37. The Morgan fingerprint density at radius 1 is 1.19 bits per heavy atom. The van der Waals surface area contributed by atoms with Crippen molar-refractivity contribution in [2.45, 2.75) is 51.5 Å². The van der Waals surface area contributed by atoms with Crippen molar-refractivity contribution in [2.24, 2.45) is 0 Å². The van der Waals surface area contributed by atoms with Gasteiger partial charge in [0.1, 0.15) is 0 Å². The van der Waals surface area contributed by atoms with Crippen molar-refractivity contribution in [2.75, 3.05) is 13.1 Å². The number of hydrogen-bond donors (Lipinski definition) is 0. The molecular weight excluding hydrogens is 305 g/mol. The molecule has 0 amide bonds. The maximum atomic E-state index is 13.0. The quantitative estimate of drug-likeness (QED) is 0.750. The van der Waals surface area contributed by atoms with Gasteiger partial charge in [0.15, 0.2) is 5.78 Å². The van der Waals surface area contributed by atoms with Crippen LogP contribution in [0.25, 0.3) is 0 Å². The number of carbonyl (C=O) groups excluding carboxylic acids is 1. The van der Waals surface area contributed by atoms with Crippen LogP contribution in [0, 0.1) is 0 Å². The summed E-state index contributed by atoms with van der Waals surface area (Å²) in [6.07, 6.45) is 4.47. The highest BCUT2D eigenvalue weighted by atomic mass is 35.5. The molecule has 4 heteroatoms. The Bertz CT molecular complexity index is 506. The normalized spacial score (nSPS) is 16.4. The number of hydrogen-bond acceptors (Lipinski definition) is 2. The van der Waals surface area contributed by atoms with E-state index in [1.54, 1.807) is 12.1 Å². The number of Topliss-reactive ketones (excluding diaryl/α,β-unsaturated/α-hetero) is 1. The minimum atomic E-state index is -0.334. The maximum absolute atomic E-state index is 13.0. The van der Waals surface area contributed by atoms with Crippen LogP contribution in [0.4, 0.5) is 0 Å². The summed E-state index contributed by atoms with van der Waals surface area (Å²) in [4.78, 5) is 15.4. The lowest BCUT2D eigenvalue weighted by atomic mass is 9.83. The van der Waals surface area contributed by atoms with Gasteiger partial charge in [-0.25, -0.2) is 0 Å². The summed E-state index contributed by atoms with van der Waals surface area (Å²) in [5.41, 5.74) is 0.538. The van der Waals surface area contributed by atoms with Crippen molar-refractivity contribution in [3.8, 4) is 0 Å². The molecule has 1 aliphatic heterocycles. The second kappa shape index (κ2) is 7.13. The first-order valence-electron chi connectivity index (χ1n) is 7.75. The average molecular weight is 328 g/mol. The van der Waals surface area contributed by atoms with E-state index < -0.39 is 0 Å². The molecule has 0 saturated carbocycles.